The van der Waals surface area contributed by atoms with Crippen molar-refractivity contribution in [3.8, 4) is 0 Å². The number of rotatable bonds is 5. The summed E-state index contributed by atoms with van der Waals surface area (Å²) in [5.74, 6) is 0. The molecule has 0 amide bonds. The van der Waals surface area contributed by atoms with Crippen molar-refractivity contribution in [3.63, 3.8) is 0 Å². The summed E-state index contributed by atoms with van der Waals surface area (Å²) in [5, 5.41) is 0. The maximum absolute atomic E-state index is 6.11. The van der Waals surface area contributed by atoms with Gasteiger partial charge in [-0.05, 0) is 48.6 Å². The predicted octanol–water partition coefficient (Wildman–Crippen LogP) is 1.98. The third-order valence-electron chi connectivity index (χ3n) is 2.77. The Hall–Kier alpha value is -1.74. The van der Waals surface area contributed by atoms with Crippen LogP contribution in [0.1, 0.15) is 17.5 Å². The van der Waals surface area contributed by atoms with Crippen LogP contribution in [0.15, 0.2) is 49.1 Å². The molecule has 1 unspecified atom stereocenters. The van der Waals surface area contributed by atoms with Gasteiger partial charge in [0.05, 0.1) is 0 Å². The summed E-state index contributed by atoms with van der Waals surface area (Å²) in [5.41, 5.74) is 8.61. The largest absolute Gasteiger partial charge is 0.327 e. The molecule has 0 radical (unpaired) electrons. The summed E-state index contributed by atoms with van der Waals surface area (Å²) in [6, 6.07) is 8.28. The lowest BCUT2D eigenvalue weighted by atomic mass is 10.0. The highest BCUT2D eigenvalue weighted by atomic mass is 14.6. The van der Waals surface area contributed by atoms with Crippen LogP contribution >= 0.6 is 0 Å². The smallest absolute Gasteiger partial charge is 0.0299 e. The van der Waals surface area contributed by atoms with Crippen LogP contribution in [0.25, 0.3) is 0 Å². The van der Waals surface area contributed by atoms with Gasteiger partial charge in [-0.3, -0.25) is 9.97 Å². The van der Waals surface area contributed by atoms with E-state index in [0.717, 1.165) is 19.3 Å². The minimum absolute atomic E-state index is 0.192. The average Bonchev–Trinajstić information content (AvgIpc) is 2.39. The van der Waals surface area contributed by atoms with Crippen molar-refractivity contribution >= 4 is 0 Å². The van der Waals surface area contributed by atoms with Crippen molar-refractivity contribution in [3.05, 3.63) is 60.2 Å². The van der Waals surface area contributed by atoms with Gasteiger partial charge in [0.15, 0.2) is 0 Å². The molecule has 1 atom stereocenters. The molecule has 0 fully saturated rings. The molecule has 0 bridgehead atoms. The Balaban J connectivity index is 1.80. The molecule has 0 saturated heterocycles. The molecule has 3 heteroatoms. The van der Waals surface area contributed by atoms with E-state index in [2.05, 4.69) is 16.0 Å². The van der Waals surface area contributed by atoms with E-state index in [4.69, 9.17) is 5.73 Å². The van der Waals surface area contributed by atoms with Gasteiger partial charge in [-0.1, -0.05) is 6.07 Å². The molecule has 0 saturated carbocycles. The Morgan fingerprint density at radius 3 is 2.53 bits per heavy atom. The second-order valence-electron chi connectivity index (χ2n) is 4.22. The maximum atomic E-state index is 6.11. The third-order valence-corrected chi connectivity index (χ3v) is 2.77. The highest BCUT2D eigenvalue weighted by molar-refractivity contribution is 5.12. The third kappa shape index (κ3) is 3.96. The summed E-state index contributed by atoms with van der Waals surface area (Å²) in [6.45, 7) is 0. The first kappa shape index (κ1) is 11.7. The van der Waals surface area contributed by atoms with Crippen LogP contribution in [-0.4, -0.2) is 16.0 Å². The monoisotopic (exact) mass is 227 g/mol. The molecule has 0 spiro atoms. The Kier molecular flexibility index (Phi) is 4.22. The van der Waals surface area contributed by atoms with Gasteiger partial charge in [-0.15, -0.1) is 0 Å². The molecular formula is C14H17N3. The van der Waals surface area contributed by atoms with Gasteiger partial charge in [-0.2, -0.15) is 0 Å². The van der Waals surface area contributed by atoms with Gasteiger partial charge in [-0.25, -0.2) is 0 Å². The van der Waals surface area contributed by atoms with Gasteiger partial charge in [0.2, 0.25) is 0 Å². The fourth-order valence-electron chi connectivity index (χ4n) is 1.82. The molecule has 2 aromatic rings. The van der Waals surface area contributed by atoms with E-state index >= 15 is 0 Å². The predicted molar refractivity (Wildman–Crippen MR) is 68.5 cm³/mol. The topological polar surface area (TPSA) is 51.8 Å². The second kappa shape index (κ2) is 6.11. The van der Waals surface area contributed by atoms with Gasteiger partial charge in [0.1, 0.15) is 0 Å². The molecule has 88 valence electrons. The Labute approximate surface area is 102 Å². The van der Waals surface area contributed by atoms with E-state index in [1.54, 1.807) is 6.20 Å². The number of aromatic nitrogens is 2. The zero-order valence-corrected chi connectivity index (χ0v) is 9.79. The molecule has 2 aromatic heterocycles. The lowest BCUT2D eigenvalue weighted by Gasteiger charge is -2.11. The summed E-state index contributed by atoms with van der Waals surface area (Å²) in [4.78, 5) is 8.09. The number of nitrogens with zero attached hydrogens (tertiary/aromatic N) is 2. The first-order valence-electron chi connectivity index (χ1n) is 5.88. The van der Waals surface area contributed by atoms with Crippen molar-refractivity contribution in [2.75, 3.05) is 0 Å². The molecular weight excluding hydrogens is 210 g/mol. The number of hydrogen-bond acceptors (Lipinski definition) is 3. The van der Waals surface area contributed by atoms with Crippen LogP contribution < -0.4 is 5.73 Å². The van der Waals surface area contributed by atoms with Crippen LogP contribution in [0, 0.1) is 0 Å². The number of pyridine rings is 2. The normalized spacial score (nSPS) is 12.3. The van der Waals surface area contributed by atoms with E-state index < -0.39 is 0 Å². The molecule has 2 rings (SSSR count). The first-order chi connectivity index (χ1) is 8.34. The van der Waals surface area contributed by atoms with E-state index in [1.807, 2.05) is 36.8 Å². The van der Waals surface area contributed by atoms with E-state index in [-0.39, 0.29) is 6.04 Å². The lowest BCUT2D eigenvalue weighted by Crippen LogP contribution is -2.23. The van der Waals surface area contributed by atoms with Crippen LogP contribution in [0.5, 0.6) is 0 Å². The van der Waals surface area contributed by atoms with Crippen molar-refractivity contribution in [1.29, 1.82) is 0 Å². The quantitative estimate of drug-likeness (QED) is 0.849. The molecule has 0 aliphatic carbocycles. The standard InChI is InChI=1S/C14H17N3/c15-14(10-12-5-8-16-9-6-12)4-3-13-2-1-7-17-11-13/h1-2,5-9,11,14H,3-4,10,15H2. The Morgan fingerprint density at radius 2 is 1.82 bits per heavy atom. The fourth-order valence-corrected chi connectivity index (χ4v) is 1.82. The Bertz CT molecular complexity index is 428. The van der Waals surface area contributed by atoms with Gasteiger partial charge in [0.25, 0.3) is 0 Å². The number of nitrogens with two attached hydrogens (primary N) is 1. The first-order valence-corrected chi connectivity index (χ1v) is 5.88. The zero-order chi connectivity index (χ0) is 11.9. The van der Waals surface area contributed by atoms with Crippen LogP contribution in [0.3, 0.4) is 0 Å². The second-order valence-corrected chi connectivity index (χ2v) is 4.22. The number of aryl methyl sites for hydroxylation is 1. The molecule has 3 nitrogen and oxygen atoms in total. The SMILES string of the molecule is NC(CCc1cccnc1)Cc1ccncc1. The van der Waals surface area contributed by atoms with Crippen molar-refractivity contribution in [2.24, 2.45) is 5.73 Å². The highest BCUT2D eigenvalue weighted by Gasteiger charge is 2.04. The molecule has 17 heavy (non-hydrogen) atoms. The molecule has 2 heterocycles. The lowest BCUT2D eigenvalue weighted by molar-refractivity contribution is 0.609. The summed E-state index contributed by atoms with van der Waals surface area (Å²) in [6.07, 6.45) is 10.2. The molecule has 0 aromatic carbocycles. The molecule has 2 N–H and O–H groups in total. The zero-order valence-electron chi connectivity index (χ0n) is 9.79. The van der Waals surface area contributed by atoms with Gasteiger partial charge in [0, 0.05) is 30.8 Å². The Morgan fingerprint density at radius 1 is 1.00 bits per heavy atom. The molecule has 0 aliphatic rings. The van der Waals surface area contributed by atoms with Gasteiger partial charge < -0.3 is 5.73 Å². The van der Waals surface area contributed by atoms with Crippen LogP contribution in [0.2, 0.25) is 0 Å². The van der Waals surface area contributed by atoms with E-state index in [0.29, 0.717) is 0 Å². The van der Waals surface area contributed by atoms with Gasteiger partial charge >= 0.3 is 0 Å². The summed E-state index contributed by atoms with van der Waals surface area (Å²) in [7, 11) is 0. The summed E-state index contributed by atoms with van der Waals surface area (Å²) >= 11 is 0. The highest BCUT2D eigenvalue weighted by Crippen LogP contribution is 2.07. The van der Waals surface area contributed by atoms with Crippen molar-refractivity contribution in [1.82, 2.24) is 9.97 Å². The van der Waals surface area contributed by atoms with E-state index in [9.17, 15) is 0 Å². The fraction of sp³-hybridized carbons (Fsp3) is 0.286. The van der Waals surface area contributed by atoms with Crippen LogP contribution in [-0.2, 0) is 12.8 Å². The maximum Gasteiger partial charge on any atom is 0.0299 e. The molecule has 0 aliphatic heterocycles. The minimum atomic E-state index is 0.192. The number of hydrogen-bond donors (Lipinski definition) is 1. The summed E-state index contributed by atoms with van der Waals surface area (Å²) < 4.78 is 0. The van der Waals surface area contributed by atoms with Crippen LogP contribution in [0.4, 0.5) is 0 Å². The minimum Gasteiger partial charge on any atom is -0.327 e. The van der Waals surface area contributed by atoms with E-state index in [1.165, 1.54) is 11.1 Å². The average molecular weight is 227 g/mol. The van der Waals surface area contributed by atoms with Crippen molar-refractivity contribution in [2.45, 2.75) is 25.3 Å². The van der Waals surface area contributed by atoms with Crippen molar-refractivity contribution < 1.29 is 0 Å².